The number of carbonyl (C=O) groups is 2. The molecule has 0 spiro atoms. The first-order valence-corrected chi connectivity index (χ1v) is 14.0. The standard InChI is InChI=1S/C31H34F2N4O4/c1-20(2)37-30(40)24(13-21-14-25(32)17-26(33)15-21)18-35(31(37)41)19-29(39)34-10-8-27(9-11-34)36-12-7-22-5-3-4-6-23(22)16-28(36)38/h3-6,14-15,17-18,20,27H,7-13,16,19H2,1-2H3. The number of hydrogen-bond donors (Lipinski definition) is 0. The number of aromatic nitrogens is 2. The summed E-state index contributed by atoms with van der Waals surface area (Å²) in [6.45, 7) is 4.67. The normalized spacial score (nSPS) is 16.2. The van der Waals surface area contributed by atoms with E-state index in [0.29, 0.717) is 38.9 Å². The van der Waals surface area contributed by atoms with Gasteiger partial charge >= 0.3 is 5.69 Å². The summed E-state index contributed by atoms with van der Waals surface area (Å²) in [6.07, 6.45) is 3.71. The molecular weight excluding hydrogens is 530 g/mol. The van der Waals surface area contributed by atoms with Gasteiger partial charge in [-0.3, -0.25) is 23.5 Å². The van der Waals surface area contributed by atoms with Crippen molar-refractivity contribution in [2.45, 2.75) is 64.6 Å². The predicted octanol–water partition coefficient (Wildman–Crippen LogP) is 3.08. The van der Waals surface area contributed by atoms with Crippen LogP contribution in [-0.4, -0.2) is 56.4 Å². The average Bonchev–Trinajstić information content (AvgIpc) is 3.09. The minimum atomic E-state index is -0.762. The fourth-order valence-corrected chi connectivity index (χ4v) is 5.96. The zero-order valence-electron chi connectivity index (χ0n) is 23.3. The van der Waals surface area contributed by atoms with Crippen LogP contribution in [0.4, 0.5) is 8.78 Å². The SMILES string of the molecule is CC(C)n1c(=O)c(Cc2cc(F)cc(F)c2)cn(CC(=O)N2CCC(N3CCc4ccccc4CC3=O)CC2)c1=O. The molecule has 0 aliphatic carbocycles. The highest BCUT2D eigenvalue weighted by molar-refractivity contribution is 5.80. The third kappa shape index (κ3) is 6.16. The van der Waals surface area contributed by atoms with Crippen LogP contribution in [0.5, 0.6) is 0 Å². The van der Waals surface area contributed by atoms with Gasteiger partial charge in [-0.15, -0.1) is 0 Å². The van der Waals surface area contributed by atoms with E-state index >= 15 is 0 Å². The van der Waals surface area contributed by atoms with Crippen LogP contribution in [0.2, 0.25) is 0 Å². The summed E-state index contributed by atoms with van der Waals surface area (Å²) in [6, 6.07) is 10.6. The fourth-order valence-electron chi connectivity index (χ4n) is 5.96. The van der Waals surface area contributed by atoms with E-state index in [1.807, 2.05) is 23.1 Å². The molecule has 3 heterocycles. The Morgan fingerprint density at radius 1 is 0.951 bits per heavy atom. The summed E-state index contributed by atoms with van der Waals surface area (Å²) < 4.78 is 29.8. The summed E-state index contributed by atoms with van der Waals surface area (Å²) in [5, 5.41) is 0. The maximum atomic E-state index is 13.8. The summed E-state index contributed by atoms with van der Waals surface area (Å²) in [7, 11) is 0. The molecule has 2 aliphatic heterocycles. The van der Waals surface area contributed by atoms with Crippen molar-refractivity contribution in [2.75, 3.05) is 19.6 Å². The molecule has 5 rings (SSSR count). The van der Waals surface area contributed by atoms with Crippen molar-refractivity contribution in [2.24, 2.45) is 0 Å². The van der Waals surface area contributed by atoms with E-state index in [0.717, 1.165) is 34.8 Å². The Morgan fingerprint density at radius 2 is 1.61 bits per heavy atom. The Hall–Kier alpha value is -4.08. The van der Waals surface area contributed by atoms with Crippen molar-refractivity contribution in [3.8, 4) is 0 Å². The van der Waals surface area contributed by atoms with Gasteiger partial charge in [0.1, 0.15) is 18.2 Å². The lowest BCUT2D eigenvalue weighted by atomic mass is 10.0. The summed E-state index contributed by atoms with van der Waals surface area (Å²) in [4.78, 5) is 56.2. The van der Waals surface area contributed by atoms with Crippen molar-refractivity contribution in [3.63, 3.8) is 0 Å². The van der Waals surface area contributed by atoms with Gasteiger partial charge in [0, 0.05) is 56.0 Å². The first-order valence-electron chi connectivity index (χ1n) is 14.0. The Kier molecular flexibility index (Phi) is 8.19. The molecule has 41 heavy (non-hydrogen) atoms. The zero-order chi connectivity index (χ0) is 29.3. The number of amides is 2. The first kappa shape index (κ1) is 28.4. The van der Waals surface area contributed by atoms with Crippen molar-refractivity contribution in [1.82, 2.24) is 18.9 Å². The molecule has 2 aliphatic rings. The highest BCUT2D eigenvalue weighted by Crippen LogP contribution is 2.23. The smallest absolute Gasteiger partial charge is 0.331 e. The second-order valence-corrected chi connectivity index (χ2v) is 11.2. The van der Waals surface area contributed by atoms with Gasteiger partial charge < -0.3 is 9.80 Å². The molecule has 1 fully saturated rings. The van der Waals surface area contributed by atoms with Gasteiger partial charge in [0.15, 0.2) is 0 Å². The third-order valence-electron chi connectivity index (χ3n) is 8.06. The van der Waals surface area contributed by atoms with Crippen molar-refractivity contribution in [3.05, 3.63) is 103 Å². The molecule has 0 bridgehead atoms. The van der Waals surface area contributed by atoms with Gasteiger partial charge in [0.05, 0.1) is 6.42 Å². The minimum Gasteiger partial charge on any atom is -0.341 e. The first-order chi connectivity index (χ1) is 19.6. The fraction of sp³-hybridized carbons (Fsp3) is 0.419. The van der Waals surface area contributed by atoms with Crippen LogP contribution < -0.4 is 11.2 Å². The molecule has 1 saturated heterocycles. The maximum absolute atomic E-state index is 13.8. The Balaban J connectivity index is 1.29. The van der Waals surface area contributed by atoms with Crippen LogP contribution in [0.3, 0.4) is 0 Å². The van der Waals surface area contributed by atoms with E-state index in [4.69, 9.17) is 0 Å². The quantitative estimate of drug-likeness (QED) is 0.461. The number of piperidine rings is 1. The summed E-state index contributed by atoms with van der Waals surface area (Å²) in [5.41, 5.74) is 1.52. The molecule has 3 aromatic rings. The van der Waals surface area contributed by atoms with Gasteiger partial charge in [0.25, 0.3) is 5.56 Å². The molecule has 0 radical (unpaired) electrons. The molecule has 2 aromatic carbocycles. The molecule has 0 N–H and O–H groups in total. The Labute approximate surface area is 236 Å². The van der Waals surface area contributed by atoms with E-state index in [9.17, 15) is 28.0 Å². The van der Waals surface area contributed by atoms with E-state index < -0.39 is 28.9 Å². The van der Waals surface area contributed by atoms with Crippen molar-refractivity contribution < 1.29 is 18.4 Å². The molecule has 10 heteroatoms. The number of hydrogen-bond acceptors (Lipinski definition) is 4. The number of likely N-dealkylation sites (tertiary alicyclic amines) is 1. The van der Waals surface area contributed by atoms with Gasteiger partial charge in [-0.05, 0) is 61.9 Å². The third-order valence-corrected chi connectivity index (χ3v) is 8.06. The van der Waals surface area contributed by atoms with E-state index in [1.165, 1.54) is 16.3 Å². The molecule has 0 atom stereocenters. The molecular formula is C31H34F2N4O4. The van der Waals surface area contributed by atoms with E-state index in [-0.39, 0.29) is 41.9 Å². The Bertz CT molecular complexity index is 1570. The molecule has 1 aromatic heterocycles. The van der Waals surface area contributed by atoms with Crippen LogP contribution in [0, 0.1) is 11.6 Å². The van der Waals surface area contributed by atoms with Crippen molar-refractivity contribution in [1.29, 1.82) is 0 Å². The summed E-state index contributed by atoms with van der Waals surface area (Å²) in [5.74, 6) is -1.69. The average molecular weight is 565 g/mol. The van der Waals surface area contributed by atoms with Gasteiger partial charge in [-0.2, -0.15) is 0 Å². The summed E-state index contributed by atoms with van der Waals surface area (Å²) >= 11 is 0. The van der Waals surface area contributed by atoms with Crippen LogP contribution in [-0.2, 0) is 35.4 Å². The lowest BCUT2D eigenvalue weighted by molar-refractivity contribution is -0.136. The van der Waals surface area contributed by atoms with Gasteiger partial charge in [-0.1, -0.05) is 24.3 Å². The van der Waals surface area contributed by atoms with E-state index in [2.05, 4.69) is 6.07 Å². The van der Waals surface area contributed by atoms with Gasteiger partial charge in [-0.25, -0.2) is 13.6 Å². The number of fused-ring (bicyclic) bond motifs is 1. The van der Waals surface area contributed by atoms with Crippen LogP contribution in [0.1, 0.15) is 55.0 Å². The van der Waals surface area contributed by atoms with Crippen LogP contribution in [0.15, 0.2) is 58.3 Å². The molecule has 8 nitrogen and oxygen atoms in total. The number of nitrogens with zero attached hydrogens (tertiary/aromatic N) is 4. The van der Waals surface area contributed by atoms with Gasteiger partial charge in [0.2, 0.25) is 11.8 Å². The van der Waals surface area contributed by atoms with Crippen LogP contribution >= 0.6 is 0 Å². The molecule has 216 valence electrons. The molecule has 0 saturated carbocycles. The number of carbonyl (C=O) groups excluding carboxylic acids is 2. The number of rotatable bonds is 6. The van der Waals surface area contributed by atoms with Crippen molar-refractivity contribution >= 4 is 11.8 Å². The van der Waals surface area contributed by atoms with Crippen LogP contribution in [0.25, 0.3) is 0 Å². The molecule has 0 unspecified atom stereocenters. The highest BCUT2D eigenvalue weighted by Gasteiger charge is 2.31. The Morgan fingerprint density at radius 3 is 2.27 bits per heavy atom. The lowest BCUT2D eigenvalue weighted by Crippen LogP contribution is -2.50. The number of halogens is 2. The molecule has 2 amide bonds. The highest BCUT2D eigenvalue weighted by atomic mass is 19.1. The largest absolute Gasteiger partial charge is 0.341 e. The minimum absolute atomic E-state index is 0.0460. The maximum Gasteiger partial charge on any atom is 0.331 e. The van der Waals surface area contributed by atoms with E-state index in [1.54, 1.807) is 18.7 Å². The topological polar surface area (TPSA) is 84.6 Å². The zero-order valence-corrected chi connectivity index (χ0v) is 23.3. The second kappa shape index (κ2) is 11.8. The predicted molar refractivity (Wildman–Crippen MR) is 150 cm³/mol. The second-order valence-electron chi connectivity index (χ2n) is 11.2. The lowest BCUT2D eigenvalue weighted by Gasteiger charge is -2.38. The monoisotopic (exact) mass is 564 g/mol. The number of benzene rings is 2.